The molecule has 5 N–H and O–H groups in total. The molecule has 0 saturated heterocycles. The molecule has 1 aromatic carbocycles. The van der Waals surface area contributed by atoms with Crippen LogP contribution in [0.1, 0.15) is 11.7 Å². The number of hydrogen-bond acceptors (Lipinski definition) is 5. The van der Waals surface area contributed by atoms with Gasteiger partial charge in [0.1, 0.15) is 11.9 Å². The summed E-state index contributed by atoms with van der Waals surface area (Å²) >= 11 is 3.84. The minimum atomic E-state index is -1.17. The number of nitrogens with two attached hydrogens (primary N) is 1. The standard InChI is InChI=1S/C9H13NO3S/c10-5-1-2-7(11)6(3-5)9(13)8(12)4-14/h1-3,8-9,11-14H,4,10H2. The molecular formula is C9H13NO3S. The lowest BCUT2D eigenvalue weighted by molar-refractivity contribution is 0.0323. The lowest BCUT2D eigenvalue weighted by Crippen LogP contribution is -2.19. The molecule has 0 aliphatic rings. The second-order valence-electron chi connectivity index (χ2n) is 3.01. The molecule has 0 bridgehead atoms. The Kier molecular flexibility index (Phi) is 3.62. The summed E-state index contributed by atoms with van der Waals surface area (Å²) in [7, 11) is 0. The number of phenolic OH excluding ortho intramolecular Hbond substituents is 1. The Bertz CT molecular complexity index is 319. The van der Waals surface area contributed by atoms with Gasteiger partial charge in [-0.2, -0.15) is 12.6 Å². The van der Waals surface area contributed by atoms with Crippen LogP contribution in [0.15, 0.2) is 18.2 Å². The van der Waals surface area contributed by atoms with E-state index in [2.05, 4.69) is 12.6 Å². The molecule has 0 aliphatic carbocycles. The van der Waals surface area contributed by atoms with E-state index in [-0.39, 0.29) is 17.1 Å². The Morgan fingerprint density at radius 2 is 2.00 bits per heavy atom. The van der Waals surface area contributed by atoms with Crippen LogP contribution in [-0.4, -0.2) is 27.2 Å². The molecule has 0 saturated carbocycles. The molecule has 0 radical (unpaired) electrons. The molecule has 2 atom stereocenters. The lowest BCUT2D eigenvalue weighted by atomic mass is 10.0. The normalized spacial score (nSPS) is 15.1. The Morgan fingerprint density at radius 3 is 2.57 bits per heavy atom. The van der Waals surface area contributed by atoms with Gasteiger partial charge < -0.3 is 21.1 Å². The number of phenols is 1. The summed E-state index contributed by atoms with van der Waals surface area (Å²) in [4.78, 5) is 0. The molecule has 5 heteroatoms. The summed E-state index contributed by atoms with van der Waals surface area (Å²) < 4.78 is 0. The van der Waals surface area contributed by atoms with Crippen LogP contribution in [0.3, 0.4) is 0 Å². The van der Waals surface area contributed by atoms with Gasteiger partial charge in [0, 0.05) is 17.0 Å². The van der Waals surface area contributed by atoms with E-state index in [1.165, 1.54) is 18.2 Å². The first-order valence-corrected chi connectivity index (χ1v) is 4.75. The average Bonchev–Trinajstić information content (AvgIpc) is 2.19. The number of benzene rings is 1. The maximum atomic E-state index is 9.58. The highest BCUT2D eigenvalue weighted by Gasteiger charge is 2.20. The first-order chi connectivity index (χ1) is 6.56. The average molecular weight is 215 g/mol. The second-order valence-corrected chi connectivity index (χ2v) is 3.38. The van der Waals surface area contributed by atoms with E-state index >= 15 is 0 Å². The monoisotopic (exact) mass is 215 g/mol. The van der Waals surface area contributed by atoms with E-state index in [0.29, 0.717) is 5.69 Å². The van der Waals surface area contributed by atoms with Gasteiger partial charge in [0.2, 0.25) is 0 Å². The van der Waals surface area contributed by atoms with Crippen LogP contribution in [0.25, 0.3) is 0 Å². The van der Waals surface area contributed by atoms with Crippen molar-refractivity contribution in [3.8, 4) is 5.75 Å². The van der Waals surface area contributed by atoms with Crippen LogP contribution in [0.5, 0.6) is 5.75 Å². The minimum absolute atomic E-state index is 0.0902. The molecule has 0 spiro atoms. The minimum Gasteiger partial charge on any atom is -0.508 e. The topological polar surface area (TPSA) is 86.7 Å². The van der Waals surface area contributed by atoms with E-state index in [4.69, 9.17) is 5.73 Å². The molecule has 1 aromatic rings. The van der Waals surface area contributed by atoms with Gasteiger partial charge in [0.25, 0.3) is 0 Å². The van der Waals surface area contributed by atoms with E-state index in [1.54, 1.807) is 0 Å². The van der Waals surface area contributed by atoms with E-state index in [0.717, 1.165) is 0 Å². The summed E-state index contributed by atoms with van der Waals surface area (Å²) in [5.74, 6) is 0.0163. The number of aromatic hydroxyl groups is 1. The zero-order valence-electron chi connectivity index (χ0n) is 7.46. The summed E-state index contributed by atoms with van der Waals surface area (Å²) in [6, 6.07) is 4.31. The third kappa shape index (κ3) is 2.31. The fourth-order valence-electron chi connectivity index (χ4n) is 1.12. The van der Waals surface area contributed by atoms with E-state index in [9.17, 15) is 15.3 Å². The SMILES string of the molecule is Nc1ccc(O)c(C(O)C(O)CS)c1. The van der Waals surface area contributed by atoms with Gasteiger partial charge in [0.05, 0.1) is 6.10 Å². The van der Waals surface area contributed by atoms with Crippen LogP contribution >= 0.6 is 12.6 Å². The highest BCUT2D eigenvalue weighted by atomic mass is 32.1. The molecular weight excluding hydrogens is 202 g/mol. The molecule has 0 fully saturated rings. The highest BCUT2D eigenvalue weighted by Crippen LogP contribution is 2.28. The van der Waals surface area contributed by atoms with Crippen LogP contribution in [0.4, 0.5) is 5.69 Å². The van der Waals surface area contributed by atoms with Gasteiger partial charge in [-0.15, -0.1) is 0 Å². The number of aliphatic hydroxyl groups excluding tert-OH is 2. The summed E-state index contributed by atoms with van der Waals surface area (Å²) in [5, 5.41) is 28.3. The number of rotatable bonds is 3. The van der Waals surface area contributed by atoms with Crippen molar-refractivity contribution in [3.63, 3.8) is 0 Å². The fraction of sp³-hybridized carbons (Fsp3) is 0.333. The molecule has 14 heavy (non-hydrogen) atoms. The van der Waals surface area contributed by atoms with Crippen LogP contribution < -0.4 is 5.73 Å². The maximum Gasteiger partial charge on any atom is 0.121 e. The van der Waals surface area contributed by atoms with Crippen LogP contribution in [0.2, 0.25) is 0 Å². The Morgan fingerprint density at radius 1 is 1.36 bits per heavy atom. The number of thiol groups is 1. The Labute approximate surface area is 87.4 Å². The number of anilines is 1. The summed E-state index contributed by atoms with van der Waals surface area (Å²) in [6.45, 7) is 0. The van der Waals surface area contributed by atoms with Gasteiger partial charge >= 0.3 is 0 Å². The van der Waals surface area contributed by atoms with Crippen LogP contribution in [-0.2, 0) is 0 Å². The zero-order chi connectivity index (χ0) is 10.7. The van der Waals surface area contributed by atoms with E-state index in [1.807, 2.05) is 0 Å². The van der Waals surface area contributed by atoms with Crippen molar-refractivity contribution < 1.29 is 15.3 Å². The highest BCUT2D eigenvalue weighted by molar-refractivity contribution is 7.80. The van der Waals surface area contributed by atoms with Crippen molar-refractivity contribution in [2.75, 3.05) is 11.5 Å². The first kappa shape index (κ1) is 11.2. The smallest absolute Gasteiger partial charge is 0.121 e. The summed E-state index contributed by atoms with van der Waals surface area (Å²) in [5.41, 5.74) is 6.12. The largest absolute Gasteiger partial charge is 0.508 e. The first-order valence-electron chi connectivity index (χ1n) is 4.11. The molecule has 0 aliphatic heterocycles. The van der Waals surface area contributed by atoms with Crippen molar-refractivity contribution in [1.82, 2.24) is 0 Å². The molecule has 0 heterocycles. The van der Waals surface area contributed by atoms with Gasteiger partial charge in [0.15, 0.2) is 0 Å². The van der Waals surface area contributed by atoms with Crippen molar-refractivity contribution in [3.05, 3.63) is 23.8 Å². The molecule has 0 amide bonds. The van der Waals surface area contributed by atoms with E-state index < -0.39 is 12.2 Å². The predicted molar refractivity (Wildman–Crippen MR) is 57.3 cm³/mol. The van der Waals surface area contributed by atoms with Crippen molar-refractivity contribution >= 4 is 18.3 Å². The van der Waals surface area contributed by atoms with Crippen molar-refractivity contribution in [2.45, 2.75) is 12.2 Å². The van der Waals surface area contributed by atoms with Crippen molar-refractivity contribution in [1.29, 1.82) is 0 Å². The predicted octanol–water partition coefficient (Wildman–Crippen LogP) is 0.298. The number of hydrogen-bond donors (Lipinski definition) is 5. The molecule has 78 valence electrons. The number of aliphatic hydroxyl groups is 2. The molecule has 1 rings (SSSR count). The maximum absolute atomic E-state index is 9.58. The van der Waals surface area contributed by atoms with Gasteiger partial charge in [-0.1, -0.05) is 0 Å². The third-order valence-electron chi connectivity index (χ3n) is 1.92. The molecule has 2 unspecified atom stereocenters. The van der Waals surface area contributed by atoms with Gasteiger partial charge in [-0.05, 0) is 18.2 Å². The number of nitrogen functional groups attached to an aromatic ring is 1. The molecule has 4 nitrogen and oxygen atoms in total. The van der Waals surface area contributed by atoms with Crippen LogP contribution in [0, 0.1) is 0 Å². The lowest BCUT2D eigenvalue weighted by Gasteiger charge is -2.17. The third-order valence-corrected chi connectivity index (χ3v) is 2.30. The quantitative estimate of drug-likeness (QED) is 0.285. The zero-order valence-corrected chi connectivity index (χ0v) is 8.35. The van der Waals surface area contributed by atoms with Crippen molar-refractivity contribution in [2.24, 2.45) is 0 Å². The summed E-state index contributed by atoms with van der Waals surface area (Å²) in [6.07, 6.45) is -2.19. The van der Waals surface area contributed by atoms with Gasteiger partial charge in [-0.25, -0.2) is 0 Å². The molecule has 0 aromatic heterocycles. The Hall–Kier alpha value is -0.910. The van der Waals surface area contributed by atoms with Gasteiger partial charge in [-0.3, -0.25) is 0 Å². The fourth-order valence-corrected chi connectivity index (χ4v) is 1.32. The Balaban J connectivity index is 2.99. The second kappa shape index (κ2) is 4.54.